The van der Waals surface area contributed by atoms with E-state index in [4.69, 9.17) is 14.2 Å². The minimum atomic E-state index is -0.969. The van der Waals surface area contributed by atoms with Gasteiger partial charge in [-0.15, -0.1) is 11.3 Å². The van der Waals surface area contributed by atoms with Gasteiger partial charge in [-0.3, -0.25) is 14.5 Å². The molecule has 0 saturated heterocycles. The second-order valence-electron chi connectivity index (χ2n) is 8.98. The minimum absolute atomic E-state index is 0.0464. The molecule has 1 amide bonds. The molecule has 3 aromatic carbocycles. The van der Waals surface area contributed by atoms with Gasteiger partial charge >= 0.3 is 0 Å². The number of benzene rings is 3. The molecule has 1 unspecified atom stereocenters. The smallest absolute Gasteiger partial charge is 0.294 e. The molecule has 1 aliphatic rings. The number of Topliss-reactive ketones (excluding diaryl/α,β-unsaturated/α-hetero) is 1. The fourth-order valence-electron chi connectivity index (χ4n) is 4.80. The highest BCUT2D eigenvalue weighted by molar-refractivity contribution is 7.17. The Morgan fingerprint density at radius 1 is 0.975 bits per heavy atom. The van der Waals surface area contributed by atoms with E-state index in [0.717, 1.165) is 5.56 Å². The van der Waals surface area contributed by atoms with Gasteiger partial charge in [0.2, 0.25) is 5.78 Å². The topological polar surface area (TPSA) is 98.2 Å². The molecule has 0 bridgehead atoms. The van der Waals surface area contributed by atoms with E-state index in [1.165, 1.54) is 30.5 Å². The van der Waals surface area contributed by atoms with Gasteiger partial charge in [-0.25, -0.2) is 4.98 Å². The lowest BCUT2D eigenvalue weighted by molar-refractivity contribution is -0.117. The van der Waals surface area contributed by atoms with Crippen molar-refractivity contribution < 1.29 is 28.9 Å². The summed E-state index contributed by atoms with van der Waals surface area (Å²) in [5.74, 6) is -0.430. The summed E-state index contributed by atoms with van der Waals surface area (Å²) in [6.45, 7) is 3.98. The van der Waals surface area contributed by atoms with Crippen LogP contribution in [0.15, 0.2) is 84.1 Å². The largest absolute Gasteiger partial charge is 0.503 e. The van der Waals surface area contributed by atoms with Crippen molar-refractivity contribution in [3.05, 3.63) is 100 Å². The molecule has 8 nitrogen and oxygen atoms in total. The van der Waals surface area contributed by atoms with E-state index in [9.17, 15) is 14.7 Å². The zero-order valence-corrected chi connectivity index (χ0v) is 23.3. The van der Waals surface area contributed by atoms with Gasteiger partial charge in [-0.2, -0.15) is 0 Å². The van der Waals surface area contributed by atoms with Crippen LogP contribution >= 0.6 is 11.3 Å². The Kier molecular flexibility index (Phi) is 7.57. The SMILES string of the molecule is CCOc1cc(C2C(C(=O)c3sc(-c4ccccc4)nc3C)=C(O)C(=O)N2c2ccccc2OC)ccc1OC. The molecule has 0 spiro atoms. The number of rotatable bonds is 9. The molecule has 1 aliphatic heterocycles. The molecule has 5 rings (SSSR count). The molecule has 4 aromatic rings. The quantitative estimate of drug-likeness (QED) is 0.241. The summed E-state index contributed by atoms with van der Waals surface area (Å²) in [7, 11) is 3.04. The van der Waals surface area contributed by atoms with Gasteiger partial charge in [0.1, 0.15) is 10.8 Å². The number of thiazole rings is 1. The van der Waals surface area contributed by atoms with Crippen molar-refractivity contribution in [3.8, 4) is 27.8 Å². The second-order valence-corrected chi connectivity index (χ2v) is 9.98. The number of ketones is 1. The summed E-state index contributed by atoms with van der Waals surface area (Å²) >= 11 is 1.22. The Morgan fingerprint density at radius 2 is 1.68 bits per heavy atom. The molecular formula is C31H28N2O6S. The second kappa shape index (κ2) is 11.2. The highest BCUT2D eigenvalue weighted by atomic mass is 32.1. The first-order valence-electron chi connectivity index (χ1n) is 12.7. The highest BCUT2D eigenvalue weighted by Gasteiger charge is 2.46. The van der Waals surface area contributed by atoms with E-state index in [1.807, 2.05) is 37.3 Å². The number of hydrogen-bond acceptors (Lipinski definition) is 8. The van der Waals surface area contributed by atoms with Gasteiger partial charge in [0.25, 0.3) is 5.91 Å². The van der Waals surface area contributed by atoms with Crippen molar-refractivity contribution in [3.63, 3.8) is 0 Å². The van der Waals surface area contributed by atoms with Gasteiger partial charge in [0, 0.05) is 5.56 Å². The van der Waals surface area contributed by atoms with E-state index in [0.29, 0.717) is 50.7 Å². The zero-order valence-electron chi connectivity index (χ0n) is 22.5. The third-order valence-corrected chi connectivity index (χ3v) is 7.83. The summed E-state index contributed by atoms with van der Waals surface area (Å²) in [5.41, 5.74) is 2.31. The summed E-state index contributed by atoms with van der Waals surface area (Å²) in [6.07, 6.45) is 0. The molecule has 1 aromatic heterocycles. The van der Waals surface area contributed by atoms with Crippen LogP contribution in [-0.4, -0.2) is 42.6 Å². The number of nitrogens with zero attached hydrogens (tertiary/aromatic N) is 2. The number of para-hydroxylation sites is 2. The van der Waals surface area contributed by atoms with Crippen molar-refractivity contribution in [1.82, 2.24) is 4.98 Å². The van der Waals surface area contributed by atoms with Crippen LogP contribution in [0.5, 0.6) is 17.2 Å². The fraction of sp³-hybridized carbons (Fsp3) is 0.194. The number of aryl methyl sites for hydroxylation is 1. The Labute approximate surface area is 236 Å². The molecule has 0 radical (unpaired) electrons. The predicted molar refractivity (Wildman–Crippen MR) is 154 cm³/mol. The highest BCUT2D eigenvalue weighted by Crippen LogP contribution is 2.47. The van der Waals surface area contributed by atoms with E-state index in [2.05, 4.69) is 4.98 Å². The monoisotopic (exact) mass is 556 g/mol. The maximum atomic E-state index is 14.2. The van der Waals surface area contributed by atoms with Crippen molar-refractivity contribution in [1.29, 1.82) is 0 Å². The van der Waals surface area contributed by atoms with Crippen LogP contribution in [0, 0.1) is 6.92 Å². The number of carbonyl (C=O) groups excluding carboxylic acids is 2. The van der Waals surface area contributed by atoms with Crippen LogP contribution in [0.25, 0.3) is 10.6 Å². The Balaban J connectivity index is 1.68. The van der Waals surface area contributed by atoms with Crippen LogP contribution in [0.1, 0.15) is 33.9 Å². The van der Waals surface area contributed by atoms with Crippen LogP contribution in [0.3, 0.4) is 0 Å². The van der Waals surface area contributed by atoms with Crippen molar-refractivity contribution >= 4 is 28.7 Å². The van der Waals surface area contributed by atoms with E-state index in [1.54, 1.807) is 49.4 Å². The lowest BCUT2D eigenvalue weighted by Crippen LogP contribution is -2.31. The molecule has 2 heterocycles. The number of aliphatic hydroxyl groups is 1. The molecule has 0 saturated carbocycles. The molecule has 40 heavy (non-hydrogen) atoms. The first-order valence-corrected chi connectivity index (χ1v) is 13.5. The standard InChI is InChI=1S/C31H28N2O6S/c1-5-39-24-17-20(15-16-23(24)38-4)26-25(28(35)31(36)33(26)21-13-9-10-14-22(21)37-3)27(34)29-18(2)32-30(40-29)19-11-7-6-8-12-19/h6-17,26,35H,5H2,1-4H3. The Bertz CT molecular complexity index is 1610. The molecule has 1 N–H and O–H groups in total. The Morgan fingerprint density at radius 3 is 2.38 bits per heavy atom. The number of anilines is 1. The fourth-order valence-corrected chi connectivity index (χ4v) is 5.82. The zero-order chi connectivity index (χ0) is 28.4. The minimum Gasteiger partial charge on any atom is -0.503 e. The number of methoxy groups -OCH3 is 2. The van der Waals surface area contributed by atoms with Crippen molar-refractivity contribution in [2.45, 2.75) is 19.9 Å². The van der Waals surface area contributed by atoms with Crippen LogP contribution in [0.4, 0.5) is 5.69 Å². The van der Waals surface area contributed by atoms with Crippen LogP contribution in [0.2, 0.25) is 0 Å². The number of carbonyl (C=O) groups is 2. The first-order chi connectivity index (χ1) is 19.4. The average Bonchev–Trinajstić information content (AvgIpc) is 3.50. The van der Waals surface area contributed by atoms with E-state index >= 15 is 0 Å². The van der Waals surface area contributed by atoms with Gasteiger partial charge in [0.15, 0.2) is 17.3 Å². The van der Waals surface area contributed by atoms with Crippen LogP contribution in [-0.2, 0) is 4.79 Å². The maximum Gasteiger partial charge on any atom is 0.294 e. The summed E-state index contributed by atoms with van der Waals surface area (Å²) in [6, 6.07) is 20.7. The number of amides is 1. The molecule has 9 heteroatoms. The van der Waals surface area contributed by atoms with Gasteiger partial charge in [0.05, 0.1) is 48.7 Å². The average molecular weight is 557 g/mol. The number of aliphatic hydroxyl groups excluding tert-OH is 1. The van der Waals surface area contributed by atoms with E-state index in [-0.39, 0.29) is 5.57 Å². The summed E-state index contributed by atoms with van der Waals surface area (Å²) < 4.78 is 16.8. The third-order valence-electron chi connectivity index (χ3n) is 6.62. The van der Waals surface area contributed by atoms with Crippen LogP contribution < -0.4 is 19.1 Å². The first kappa shape index (κ1) is 27.0. The van der Waals surface area contributed by atoms with Gasteiger partial charge in [-0.1, -0.05) is 48.5 Å². The summed E-state index contributed by atoms with van der Waals surface area (Å²) in [5, 5.41) is 11.9. The number of aromatic nitrogens is 1. The van der Waals surface area contributed by atoms with E-state index < -0.39 is 23.5 Å². The lowest BCUT2D eigenvalue weighted by Gasteiger charge is -2.28. The Hall–Kier alpha value is -4.63. The number of hydrogen-bond donors (Lipinski definition) is 1. The lowest BCUT2D eigenvalue weighted by atomic mass is 9.94. The molecule has 1 atom stereocenters. The molecule has 0 fully saturated rings. The van der Waals surface area contributed by atoms with Crippen molar-refractivity contribution in [2.24, 2.45) is 0 Å². The molecular weight excluding hydrogens is 528 g/mol. The van der Waals surface area contributed by atoms with Gasteiger partial charge < -0.3 is 19.3 Å². The maximum absolute atomic E-state index is 14.2. The predicted octanol–water partition coefficient (Wildman–Crippen LogP) is 6.32. The summed E-state index contributed by atoms with van der Waals surface area (Å²) in [4.78, 5) is 34.2. The third kappa shape index (κ3) is 4.69. The van der Waals surface area contributed by atoms with Gasteiger partial charge in [-0.05, 0) is 43.7 Å². The molecule has 204 valence electrons. The normalized spacial score (nSPS) is 14.9. The number of ether oxygens (including phenoxy) is 3. The van der Waals surface area contributed by atoms with Crippen molar-refractivity contribution in [2.75, 3.05) is 25.7 Å². The molecule has 0 aliphatic carbocycles.